The van der Waals surface area contributed by atoms with E-state index in [1.54, 1.807) is 12.1 Å². The van der Waals surface area contributed by atoms with Crippen LogP contribution >= 0.6 is 35.8 Å². The molecule has 0 radical (unpaired) electrons. The zero-order valence-electron chi connectivity index (χ0n) is 11.6. The van der Waals surface area contributed by atoms with Crippen LogP contribution < -0.4 is 9.62 Å². The highest BCUT2D eigenvalue weighted by Gasteiger charge is 2.17. The van der Waals surface area contributed by atoms with E-state index >= 15 is 0 Å². The van der Waals surface area contributed by atoms with Gasteiger partial charge in [-0.15, -0.1) is 0 Å². The number of fused-ring (bicyclic) bond motifs is 1. The van der Waals surface area contributed by atoms with Gasteiger partial charge in [0.2, 0.25) is 5.13 Å². The number of carbonyl (C=O) groups excluding carboxylic acids is 1. The molecule has 0 unspecified atom stereocenters. The third-order valence-electron chi connectivity index (χ3n) is 3.10. The Balaban J connectivity index is 1.83. The number of aryl methyl sites for hydroxylation is 1. The molecule has 0 aliphatic carbocycles. The minimum atomic E-state index is -0.382. The first-order chi connectivity index (χ1) is 10.5. The van der Waals surface area contributed by atoms with Gasteiger partial charge in [-0.2, -0.15) is 0 Å². The zero-order chi connectivity index (χ0) is 15.7. The average Bonchev–Trinajstić information content (AvgIpc) is 2.94. The molecule has 0 saturated carbocycles. The number of carbonyl (C=O) groups is 1. The van der Waals surface area contributed by atoms with Crippen LogP contribution in [0.3, 0.4) is 0 Å². The second-order valence-electron chi connectivity index (χ2n) is 4.67. The largest absolute Gasteiger partial charge is 0.338 e. The SMILES string of the molecule is Cc1ccc(Cl)cc1NC(=O)N(S)c1nc2ccccc2s1. The highest BCUT2D eigenvalue weighted by molar-refractivity contribution is 7.83. The van der Waals surface area contributed by atoms with Crippen molar-refractivity contribution in [1.82, 2.24) is 4.98 Å². The quantitative estimate of drug-likeness (QED) is 0.629. The van der Waals surface area contributed by atoms with Crippen molar-refractivity contribution < 1.29 is 4.79 Å². The number of aromatic nitrogens is 1. The number of amides is 2. The van der Waals surface area contributed by atoms with Crippen LogP contribution in [-0.4, -0.2) is 11.0 Å². The van der Waals surface area contributed by atoms with Crippen LogP contribution in [0.4, 0.5) is 15.6 Å². The number of halogens is 1. The van der Waals surface area contributed by atoms with Gasteiger partial charge in [0.25, 0.3) is 0 Å². The van der Waals surface area contributed by atoms with E-state index in [0.29, 0.717) is 15.8 Å². The second-order valence-corrected chi connectivity index (χ2v) is 6.51. The highest BCUT2D eigenvalue weighted by Crippen LogP contribution is 2.30. The molecule has 0 saturated heterocycles. The summed E-state index contributed by atoms with van der Waals surface area (Å²) in [5.41, 5.74) is 2.41. The van der Waals surface area contributed by atoms with E-state index in [2.05, 4.69) is 23.1 Å². The van der Waals surface area contributed by atoms with E-state index in [1.165, 1.54) is 15.6 Å². The molecular weight excluding hydrogens is 338 g/mol. The minimum absolute atomic E-state index is 0.382. The summed E-state index contributed by atoms with van der Waals surface area (Å²) in [7, 11) is 0. The van der Waals surface area contributed by atoms with Crippen molar-refractivity contribution in [1.29, 1.82) is 0 Å². The summed E-state index contributed by atoms with van der Waals surface area (Å²) in [4.78, 5) is 16.7. The van der Waals surface area contributed by atoms with Gasteiger partial charge in [0.15, 0.2) is 0 Å². The van der Waals surface area contributed by atoms with Gasteiger partial charge in [-0.1, -0.05) is 54.0 Å². The Hall–Kier alpha value is -1.76. The maximum Gasteiger partial charge on any atom is 0.338 e. The van der Waals surface area contributed by atoms with Crippen molar-refractivity contribution in [3.05, 3.63) is 53.1 Å². The number of nitrogens with zero attached hydrogens (tertiary/aromatic N) is 2. The molecule has 0 atom stereocenters. The van der Waals surface area contributed by atoms with Crippen LogP contribution in [0.5, 0.6) is 0 Å². The number of thiol groups is 1. The highest BCUT2D eigenvalue weighted by atomic mass is 35.5. The molecule has 0 fully saturated rings. The molecule has 1 aromatic heterocycles. The van der Waals surface area contributed by atoms with Gasteiger partial charge in [0.1, 0.15) is 0 Å². The monoisotopic (exact) mass is 349 g/mol. The Kier molecular flexibility index (Phi) is 4.24. The fourth-order valence-corrected chi connectivity index (χ4v) is 3.20. The van der Waals surface area contributed by atoms with Crippen molar-refractivity contribution >= 4 is 62.8 Å². The topological polar surface area (TPSA) is 45.2 Å². The number of para-hydroxylation sites is 1. The average molecular weight is 350 g/mol. The lowest BCUT2D eigenvalue weighted by atomic mass is 10.2. The Morgan fingerprint density at radius 2 is 2.09 bits per heavy atom. The number of benzene rings is 2. The Bertz CT molecular complexity index is 817. The van der Waals surface area contributed by atoms with Crippen molar-refractivity contribution in [2.45, 2.75) is 6.92 Å². The standard InChI is InChI=1S/C15H12ClN3OS2/c1-9-6-7-10(16)8-12(9)17-14(20)19(21)15-18-11-4-2-3-5-13(11)22-15/h2-8,21H,1H3,(H,17,20). The molecule has 112 valence electrons. The van der Waals surface area contributed by atoms with Crippen LogP contribution in [0.25, 0.3) is 10.2 Å². The number of rotatable bonds is 2. The molecule has 1 heterocycles. The Morgan fingerprint density at radius 3 is 2.86 bits per heavy atom. The molecule has 22 heavy (non-hydrogen) atoms. The van der Waals surface area contributed by atoms with Crippen LogP contribution in [0.2, 0.25) is 5.02 Å². The molecule has 0 aliphatic rings. The van der Waals surface area contributed by atoms with Gasteiger partial charge < -0.3 is 5.32 Å². The number of thiazole rings is 1. The van der Waals surface area contributed by atoms with Crippen molar-refractivity contribution in [3.8, 4) is 0 Å². The molecule has 3 rings (SSSR count). The van der Waals surface area contributed by atoms with Crippen LogP contribution in [0.1, 0.15) is 5.56 Å². The van der Waals surface area contributed by atoms with Crippen molar-refractivity contribution in [3.63, 3.8) is 0 Å². The summed E-state index contributed by atoms with van der Waals surface area (Å²) in [6, 6.07) is 12.6. The molecule has 7 heteroatoms. The van der Waals surface area contributed by atoms with Crippen molar-refractivity contribution in [2.24, 2.45) is 0 Å². The molecular formula is C15H12ClN3OS2. The van der Waals surface area contributed by atoms with Gasteiger partial charge in [-0.05, 0) is 36.8 Å². The smallest absolute Gasteiger partial charge is 0.306 e. The summed E-state index contributed by atoms with van der Waals surface area (Å²) in [5, 5.41) is 3.86. The first kappa shape index (κ1) is 15.1. The van der Waals surface area contributed by atoms with E-state index in [9.17, 15) is 4.79 Å². The van der Waals surface area contributed by atoms with E-state index < -0.39 is 0 Å². The van der Waals surface area contributed by atoms with Crippen molar-refractivity contribution in [2.75, 3.05) is 9.62 Å². The third-order valence-corrected chi connectivity index (χ3v) is 4.86. The first-order valence-electron chi connectivity index (χ1n) is 6.46. The zero-order valence-corrected chi connectivity index (χ0v) is 14.0. The van der Waals surface area contributed by atoms with Gasteiger partial charge in [-0.3, -0.25) is 0 Å². The number of urea groups is 1. The lowest BCUT2D eigenvalue weighted by Crippen LogP contribution is -2.26. The summed E-state index contributed by atoms with van der Waals surface area (Å²) in [6.45, 7) is 1.90. The normalized spacial score (nSPS) is 10.7. The number of nitrogens with one attached hydrogen (secondary N) is 1. The fourth-order valence-electron chi connectivity index (χ4n) is 1.93. The fraction of sp³-hybridized carbons (Fsp3) is 0.0667. The minimum Gasteiger partial charge on any atom is -0.306 e. The molecule has 1 N–H and O–H groups in total. The van der Waals surface area contributed by atoms with E-state index in [4.69, 9.17) is 11.6 Å². The van der Waals surface area contributed by atoms with Gasteiger partial charge in [0.05, 0.1) is 10.2 Å². The summed E-state index contributed by atoms with van der Waals surface area (Å²) in [6.07, 6.45) is 0. The molecule has 0 spiro atoms. The predicted octanol–water partition coefficient (Wildman–Crippen LogP) is 5.14. The lowest BCUT2D eigenvalue weighted by Gasteiger charge is -2.14. The van der Waals surface area contributed by atoms with E-state index in [-0.39, 0.29) is 6.03 Å². The van der Waals surface area contributed by atoms with Gasteiger partial charge in [-0.25, -0.2) is 14.1 Å². The van der Waals surface area contributed by atoms with Crippen LogP contribution in [0.15, 0.2) is 42.5 Å². The molecule has 2 aromatic carbocycles. The first-order valence-corrected chi connectivity index (χ1v) is 8.06. The predicted molar refractivity (Wildman–Crippen MR) is 96.3 cm³/mol. The van der Waals surface area contributed by atoms with Crippen LogP contribution in [-0.2, 0) is 0 Å². The van der Waals surface area contributed by atoms with Gasteiger partial charge >= 0.3 is 6.03 Å². The summed E-state index contributed by atoms with van der Waals surface area (Å²) < 4.78 is 2.20. The molecule has 2 amide bonds. The van der Waals surface area contributed by atoms with Gasteiger partial charge in [0, 0.05) is 10.7 Å². The number of hydrogen-bond donors (Lipinski definition) is 2. The number of anilines is 2. The Morgan fingerprint density at radius 1 is 1.32 bits per heavy atom. The summed E-state index contributed by atoms with van der Waals surface area (Å²) >= 11 is 11.6. The lowest BCUT2D eigenvalue weighted by molar-refractivity contribution is 0.260. The molecule has 0 bridgehead atoms. The Labute approximate surface area is 142 Å². The number of hydrogen-bond acceptors (Lipinski definition) is 4. The van der Waals surface area contributed by atoms with Crippen LogP contribution in [0, 0.1) is 6.92 Å². The molecule has 3 aromatic rings. The van der Waals surface area contributed by atoms with E-state index in [0.717, 1.165) is 15.8 Å². The maximum atomic E-state index is 12.3. The third kappa shape index (κ3) is 3.04. The molecule has 4 nitrogen and oxygen atoms in total. The summed E-state index contributed by atoms with van der Waals surface area (Å²) in [5.74, 6) is 0. The van der Waals surface area contributed by atoms with E-state index in [1.807, 2.05) is 37.3 Å². The molecule has 0 aliphatic heterocycles. The maximum absolute atomic E-state index is 12.3. The second kappa shape index (κ2) is 6.16.